The molecule has 2 aromatic rings. The Bertz CT molecular complexity index is 1220. The maximum atomic E-state index is 13.1. The van der Waals surface area contributed by atoms with Crippen molar-refractivity contribution in [2.24, 2.45) is 0 Å². The highest BCUT2D eigenvalue weighted by Crippen LogP contribution is 2.29. The Morgan fingerprint density at radius 3 is 2.86 bits per heavy atom. The van der Waals surface area contributed by atoms with Gasteiger partial charge in [0, 0.05) is 37.2 Å². The quantitative estimate of drug-likeness (QED) is 0.609. The smallest absolute Gasteiger partial charge is 0.273 e. The van der Waals surface area contributed by atoms with Crippen LogP contribution in [0.1, 0.15) is 64.9 Å². The van der Waals surface area contributed by atoms with Gasteiger partial charge in [-0.15, -0.1) is 5.10 Å². The molecule has 35 heavy (non-hydrogen) atoms. The van der Waals surface area contributed by atoms with Gasteiger partial charge in [0.05, 0.1) is 11.9 Å². The van der Waals surface area contributed by atoms with E-state index in [-0.39, 0.29) is 35.9 Å². The van der Waals surface area contributed by atoms with Crippen molar-refractivity contribution in [3.05, 3.63) is 41.2 Å². The number of aromatic nitrogens is 3. The molecule has 1 aromatic heterocycles. The number of carbonyl (C=O) groups excluding carboxylic acids is 4. The number of hydrogen-bond acceptors (Lipinski definition) is 7. The summed E-state index contributed by atoms with van der Waals surface area (Å²) in [5.74, 6) is -1.25. The fourth-order valence-electron chi connectivity index (χ4n) is 5.79. The molecule has 0 bridgehead atoms. The first-order valence-electron chi connectivity index (χ1n) is 12.2. The highest BCUT2D eigenvalue weighted by atomic mass is 16.2. The summed E-state index contributed by atoms with van der Waals surface area (Å²) in [6, 6.07) is 5.39. The molecule has 4 aliphatic rings. The van der Waals surface area contributed by atoms with Gasteiger partial charge >= 0.3 is 0 Å². The lowest BCUT2D eigenvalue weighted by atomic mass is 9.97. The molecule has 3 saturated heterocycles. The second kappa shape index (κ2) is 8.56. The average Bonchev–Trinajstić information content (AvgIpc) is 3.58. The maximum Gasteiger partial charge on any atom is 0.273 e. The van der Waals surface area contributed by atoms with E-state index in [1.165, 1.54) is 22.4 Å². The second-order valence-corrected chi connectivity index (χ2v) is 9.82. The van der Waals surface area contributed by atoms with Gasteiger partial charge in [-0.2, -0.15) is 0 Å². The lowest BCUT2D eigenvalue weighted by Crippen LogP contribution is -2.52. The maximum absolute atomic E-state index is 13.1. The minimum absolute atomic E-state index is 0.142. The Kier molecular flexibility index (Phi) is 5.36. The molecule has 6 rings (SSSR count). The van der Waals surface area contributed by atoms with Crippen molar-refractivity contribution in [3.63, 3.8) is 0 Å². The van der Waals surface area contributed by atoms with Gasteiger partial charge in [-0.25, -0.2) is 4.68 Å². The molecule has 0 spiro atoms. The van der Waals surface area contributed by atoms with Gasteiger partial charge in [0.1, 0.15) is 6.04 Å². The average molecular weight is 478 g/mol. The predicted molar refractivity (Wildman–Crippen MR) is 122 cm³/mol. The number of carbonyl (C=O) groups is 4. The van der Waals surface area contributed by atoms with Crippen molar-refractivity contribution in [1.82, 2.24) is 35.4 Å². The number of nitrogens with zero attached hydrogens (tertiary/aromatic N) is 5. The van der Waals surface area contributed by atoms with Gasteiger partial charge in [-0.1, -0.05) is 11.3 Å². The third-order valence-electron chi connectivity index (χ3n) is 7.66. The van der Waals surface area contributed by atoms with Crippen LogP contribution in [0.15, 0.2) is 24.4 Å². The topological polar surface area (TPSA) is 130 Å². The summed E-state index contributed by atoms with van der Waals surface area (Å²) in [7, 11) is 0. The Balaban J connectivity index is 1.14. The van der Waals surface area contributed by atoms with Crippen LogP contribution in [0, 0.1) is 0 Å². The summed E-state index contributed by atoms with van der Waals surface area (Å²) >= 11 is 0. The molecule has 4 amide bonds. The van der Waals surface area contributed by atoms with E-state index in [9.17, 15) is 19.2 Å². The molecule has 182 valence electrons. The number of amides is 4. The van der Waals surface area contributed by atoms with E-state index in [0.29, 0.717) is 30.3 Å². The zero-order chi connectivity index (χ0) is 24.1. The predicted octanol–water partition coefficient (Wildman–Crippen LogP) is 0.385. The summed E-state index contributed by atoms with van der Waals surface area (Å²) in [5.41, 5.74) is 2.13. The molecule has 11 nitrogen and oxygen atoms in total. The first-order valence-corrected chi connectivity index (χ1v) is 12.2. The van der Waals surface area contributed by atoms with Crippen LogP contribution < -0.4 is 10.6 Å². The standard InChI is InChI=1S/C24H27N7O4/c32-21-6-5-20(23(34)26-21)30-12-14-3-4-17(11-18(14)24(30)35)31-13-19(27-28-31)22(33)25-15-7-9-29-8-1-2-16(29)10-15/h3-4,11,13,15-16,20H,1-2,5-10,12H2,(H,25,33)(H,26,32,34). The van der Waals surface area contributed by atoms with Crippen molar-refractivity contribution in [2.45, 2.75) is 63.2 Å². The van der Waals surface area contributed by atoms with Crippen LogP contribution in [0.3, 0.4) is 0 Å². The van der Waals surface area contributed by atoms with E-state index >= 15 is 0 Å². The van der Waals surface area contributed by atoms with E-state index in [0.717, 1.165) is 31.5 Å². The molecule has 3 fully saturated rings. The number of nitrogens with one attached hydrogen (secondary N) is 2. The van der Waals surface area contributed by atoms with Gasteiger partial charge in [-0.3, -0.25) is 24.5 Å². The number of hydrogen-bond donors (Lipinski definition) is 2. The summed E-state index contributed by atoms with van der Waals surface area (Å²) in [6.07, 6.45) is 6.43. The van der Waals surface area contributed by atoms with Crippen molar-refractivity contribution in [1.29, 1.82) is 0 Å². The third kappa shape index (κ3) is 3.99. The van der Waals surface area contributed by atoms with E-state index in [1.54, 1.807) is 12.3 Å². The summed E-state index contributed by atoms with van der Waals surface area (Å²) < 4.78 is 1.48. The van der Waals surface area contributed by atoms with Gasteiger partial charge in [0.25, 0.3) is 11.8 Å². The number of fused-ring (bicyclic) bond motifs is 2. The molecule has 1 aromatic carbocycles. The van der Waals surface area contributed by atoms with E-state index in [4.69, 9.17) is 0 Å². The van der Waals surface area contributed by atoms with Gasteiger partial charge in [-0.05, 0) is 56.3 Å². The van der Waals surface area contributed by atoms with Crippen LogP contribution in [-0.4, -0.2) is 79.6 Å². The number of benzene rings is 1. The highest BCUT2D eigenvalue weighted by molar-refractivity contribution is 6.05. The van der Waals surface area contributed by atoms with Crippen molar-refractivity contribution in [3.8, 4) is 5.69 Å². The first kappa shape index (κ1) is 21.9. The summed E-state index contributed by atoms with van der Waals surface area (Å²) in [6.45, 7) is 2.49. The zero-order valence-electron chi connectivity index (χ0n) is 19.3. The molecule has 0 aliphatic carbocycles. The molecule has 3 atom stereocenters. The van der Waals surface area contributed by atoms with Crippen LogP contribution in [0.25, 0.3) is 5.69 Å². The van der Waals surface area contributed by atoms with Crippen LogP contribution >= 0.6 is 0 Å². The number of piperidine rings is 2. The highest BCUT2D eigenvalue weighted by Gasteiger charge is 2.39. The van der Waals surface area contributed by atoms with Crippen LogP contribution in [0.4, 0.5) is 0 Å². The number of imide groups is 1. The fourth-order valence-corrected chi connectivity index (χ4v) is 5.79. The minimum Gasteiger partial charge on any atom is -0.348 e. The van der Waals surface area contributed by atoms with Gasteiger partial charge in [0.2, 0.25) is 11.8 Å². The lowest BCUT2D eigenvalue weighted by Gasteiger charge is -2.34. The third-order valence-corrected chi connectivity index (χ3v) is 7.66. The summed E-state index contributed by atoms with van der Waals surface area (Å²) in [4.78, 5) is 53.6. The molecule has 5 heterocycles. The van der Waals surface area contributed by atoms with Gasteiger partial charge in [0.15, 0.2) is 5.69 Å². The van der Waals surface area contributed by atoms with E-state index in [1.807, 2.05) is 12.1 Å². The molecular formula is C24H27N7O4. The number of rotatable bonds is 4. The van der Waals surface area contributed by atoms with Crippen LogP contribution in [-0.2, 0) is 16.1 Å². The Labute approximate surface area is 201 Å². The molecular weight excluding hydrogens is 450 g/mol. The van der Waals surface area contributed by atoms with Crippen molar-refractivity contribution in [2.75, 3.05) is 13.1 Å². The largest absolute Gasteiger partial charge is 0.348 e. The van der Waals surface area contributed by atoms with Crippen molar-refractivity contribution < 1.29 is 19.2 Å². The van der Waals surface area contributed by atoms with Crippen LogP contribution in [0.2, 0.25) is 0 Å². The fraction of sp³-hybridized carbons (Fsp3) is 0.500. The minimum atomic E-state index is -0.659. The normalized spacial score (nSPS) is 26.5. The van der Waals surface area contributed by atoms with E-state index in [2.05, 4.69) is 25.8 Å². The molecule has 11 heteroatoms. The Morgan fingerprint density at radius 1 is 1.11 bits per heavy atom. The zero-order valence-corrected chi connectivity index (χ0v) is 19.3. The van der Waals surface area contributed by atoms with Gasteiger partial charge < -0.3 is 15.1 Å². The first-order chi connectivity index (χ1) is 17.0. The second-order valence-electron chi connectivity index (χ2n) is 9.82. The molecule has 3 unspecified atom stereocenters. The summed E-state index contributed by atoms with van der Waals surface area (Å²) in [5, 5.41) is 13.6. The molecule has 0 saturated carbocycles. The molecule has 0 radical (unpaired) electrons. The van der Waals surface area contributed by atoms with E-state index < -0.39 is 11.9 Å². The Hall–Kier alpha value is -3.60. The lowest BCUT2D eigenvalue weighted by molar-refractivity contribution is -0.136. The SMILES string of the molecule is O=C1CCC(N2Cc3ccc(-n4cc(C(=O)NC5CCN6CCCC6C5)nn4)cc3C2=O)C(=O)N1. The van der Waals surface area contributed by atoms with Crippen molar-refractivity contribution >= 4 is 23.6 Å². The molecule has 4 aliphatic heterocycles. The molecule has 2 N–H and O–H groups in total. The monoisotopic (exact) mass is 477 g/mol. The van der Waals surface area contributed by atoms with Crippen LogP contribution in [0.5, 0.6) is 0 Å². The Morgan fingerprint density at radius 2 is 2.00 bits per heavy atom.